The molecular weight excluding hydrogens is 316 g/mol. The highest BCUT2D eigenvalue weighted by molar-refractivity contribution is 6.33. The lowest BCUT2D eigenvalue weighted by Crippen LogP contribution is -2.41. The van der Waals surface area contributed by atoms with Crippen LogP contribution < -0.4 is 15.4 Å². The number of ether oxygens (including phenoxy) is 1. The maximum absolute atomic E-state index is 12.1. The topological polar surface area (TPSA) is 70.6 Å². The maximum Gasteiger partial charge on any atom is 0.319 e. The van der Waals surface area contributed by atoms with E-state index in [0.29, 0.717) is 22.9 Å². The number of carbonyl (C=O) groups is 1. The van der Waals surface area contributed by atoms with Crippen molar-refractivity contribution in [3.8, 4) is 5.75 Å². The summed E-state index contributed by atoms with van der Waals surface area (Å²) in [5, 5.41) is 15.2. The van der Waals surface area contributed by atoms with E-state index < -0.39 is 6.03 Å². The molecule has 2 rings (SSSR count). The molecule has 122 valence electrons. The Hall–Kier alpha value is -2.24. The third kappa shape index (κ3) is 5.16. The molecule has 0 spiro atoms. The lowest BCUT2D eigenvalue weighted by Gasteiger charge is -2.17. The Kier molecular flexibility index (Phi) is 6.26. The number of halogens is 1. The number of anilines is 1. The first-order chi connectivity index (χ1) is 11.1. The second-order valence-corrected chi connectivity index (χ2v) is 5.42. The molecule has 0 aliphatic heterocycles. The fourth-order valence-electron chi connectivity index (χ4n) is 2.13. The number of rotatable bonds is 6. The zero-order valence-electron chi connectivity index (χ0n) is 12.8. The molecule has 0 heterocycles. The van der Waals surface area contributed by atoms with Crippen LogP contribution in [0.2, 0.25) is 5.02 Å². The summed E-state index contributed by atoms with van der Waals surface area (Å²) < 4.78 is 5.06. The molecule has 0 aliphatic rings. The SMILES string of the molecule is COc1ccc(NC(=O)N[C@H](CO)Cc2ccccc2)c(Cl)c1. The second-order valence-electron chi connectivity index (χ2n) is 5.01. The van der Waals surface area contributed by atoms with Crippen molar-refractivity contribution in [2.45, 2.75) is 12.5 Å². The largest absolute Gasteiger partial charge is 0.497 e. The van der Waals surface area contributed by atoms with E-state index in [2.05, 4.69) is 10.6 Å². The first-order valence-corrected chi connectivity index (χ1v) is 7.56. The van der Waals surface area contributed by atoms with Crippen molar-refractivity contribution >= 4 is 23.3 Å². The van der Waals surface area contributed by atoms with E-state index in [4.69, 9.17) is 16.3 Å². The van der Waals surface area contributed by atoms with Crippen LogP contribution in [0.5, 0.6) is 5.75 Å². The standard InChI is InChI=1S/C17H19ClN2O3/c1-23-14-7-8-16(15(18)10-14)20-17(22)19-13(11-21)9-12-5-3-2-4-6-12/h2-8,10,13,21H,9,11H2,1H3,(H2,19,20,22)/t13-/m0/s1. The number of carbonyl (C=O) groups excluding carboxylic acids is 1. The minimum atomic E-state index is -0.424. The number of aliphatic hydroxyl groups excluding tert-OH is 1. The van der Waals surface area contributed by atoms with E-state index in [1.54, 1.807) is 25.3 Å². The van der Waals surface area contributed by atoms with Crippen LogP contribution in [0.4, 0.5) is 10.5 Å². The Morgan fingerprint density at radius 2 is 2.00 bits per heavy atom. The number of aliphatic hydroxyl groups is 1. The summed E-state index contributed by atoms with van der Waals surface area (Å²) in [6.45, 7) is -0.154. The van der Waals surface area contributed by atoms with Crippen molar-refractivity contribution in [1.29, 1.82) is 0 Å². The molecule has 0 radical (unpaired) electrons. The summed E-state index contributed by atoms with van der Waals surface area (Å²) >= 11 is 6.08. The quantitative estimate of drug-likeness (QED) is 0.760. The van der Waals surface area contributed by atoms with Crippen LogP contribution in [0.3, 0.4) is 0 Å². The van der Waals surface area contributed by atoms with Gasteiger partial charge in [0.15, 0.2) is 0 Å². The highest BCUT2D eigenvalue weighted by Crippen LogP contribution is 2.26. The molecule has 1 atom stereocenters. The summed E-state index contributed by atoms with van der Waals surface area (Å²) in [6, 6.07) is 13.8. The highest BCUT2D eigenvalue weighted by Gasteiger charge is 2.13. The summed E-state index contributed by atoms with van der Waals surface area (Å²) in [5.41, 5.74) is 1.51. The summed E-state index contributed by atoms with van der Waals surface area (Å²) in [4.78, 5) is 12.1. The van der Waals surface area contributed by atoms with E-state index in [1.807, 2.05) is 30.3 Å². The normalized spacial score (nSPS) is 11.6. The zero-order chi connectivity index (χ0) is 16.7. The molecular formula is C17H19ClN2O3. The molecule has 0 saturated heterocycles. The molecule has 6 heteroatoms. The third-order valence-electron chi connectivity index (χ3n) is 3.30. The van der Waals surface area contributed by atoms with Crippen molar-refractivity contribution < 1.29 is 14.6 Å². The molecule has 5 nitrogen and oxygen atoms in total. The zero-order valence-corrected chi connectivity index (χ0v) is 13.5. The van der Waals surface area contributed by atoms with Gasteiger partial charge in [0.25, 0.3) is 0 Å². The van der Waals surface area contributed by atoms with Crippen LogP contribution in [0, 0.1) is 0 Å². The van der Waals surface area contributed by atoms with E-state index in [0.717, 1.165) is 5.56 Å². The fourth-order valence-corrected chi connectivity index (χ4v) is 2.35. The van der Waals surface area contributed by atoms with Gasteiger partial charge in [0.05, 0.1) is 30.5 Å². The average molecular weight is 335 g/mol. The number of nitrogens with one attached hydrogen (secondary N) is 2. The summed E-state index contributed by atoms with van der Waals surface area (Å²) in [6.07, 6.45) is 0.543. The Morgan fingerprint density at radius 1 is 1.26 bits per heavy atom. The molecule has 2 aromatic rings. The van der Waals surface area contributed by atoms with Gasteiger partial charge in [0.2, 0.25) is 0 Å². The van der Waals surface area contributed by atoms with Crippen molar-refractivity contribution in [3.05, 3.63) is 59.1 Å². The Morgan fingerprint density at radius 3 is 2.61 bits per heavy atom. The number of hydrogen-bond acceptors (Lipinski definition) is 3. The molecule has 0 aliphatic carbocycles. The minimum absolute atomic E-state index is 0.154. The summed E-state index contributed by atoms with van der Waals surface area (Å²) in [7, 11) is 1.54. The Balaban J connectivity index is 1.95. The van der Waals surface area contributed by atoms with Gasteiger partial charge in [-0.3, -0.25) is 0 Å². The van der Waals surface area contributed by atoms with Crippen LogP contribution in [-0.4, -0.2) is 30.9 Å². The maximum atomic E-state index is 12.1. The van der Waals surface area contributed by atoms with Gasteiger partial charge in [-0.1, -0.05) is 41.9 Å². The minimum Gasteiger partial charge on any atom is -0.497 e. The number of amides is 2. The van der Waals surface area contributed by atoms with Crippen LogP contribution in [0.15, 0.2) is 48.5 Å². The molecule has 0 bridgehead atoms. The molecule has 0 fully saturated rings. The van der Waals surface area contributed by atoms with Gasteiger partial charge >= 0.3 is 6.03 Å². The second kappa shape index (κ2) is 8.41. The molecule has 3 N–H and O–H groups in total. The molecule has 2 aromatic carbocycles. The Bertz CT molecular complexity index is 650. The first kappa shape index (κ1) is 17.1. The van der Waals surface area contributed by atoms with Crippen LogP contribution in [0.1, 0.15) is 5.56 Å². The monoisotopic (exact) mass is 334 g/mol. The van der Waals surface area contributed by atoms with E-state index >= 15 is 0 Å². The summed E-state index contributed by atoms with van der Waals surface area (Å²) in [5.74, 6) is 0.610. The molecule has 0 aromatic heterocycles. The predicted molar refractivity (Wildman–Crippen MR) is 91.2 cm³/mol. The van der Waals surface area contributed by atoms with Crippen LogP contribution in [-0.2, 0) is 6.42 Å². The molecule has 23 heavy (non-hydrogen) atoms. The Labute approximate surface area is 140 Å². The average Bonchev–Trinajstić information content (AvgIpc) is 2.57. The highest BCUT2D eigenvalue weighted by atomic mass is 35.5. The van der Waals surface area contributed by atoms with Crippen molar-refractivity contribution in [3.63, 3.8) is 0 Å². The van der Waals surface area contributed by atoms with E-state index in [-0.39, 0.29) is 12.6 Å². The lowest BCUT2D eigenvalue weighted by atomic mass is 10.1. The van der Waals surface area contributed by atoms with Crippen molar-refractivity contribution in [1.82, 2.24) is 5.32 Å². The van der Waals surface area contributed by atoms with Crippen LogP contribution in [0.25, 0.3) is 0 Å². The van der Waals surface area contributed by atoms with Gasteiger partial charge < -0.3 is 20.5 Å². The number of benzene rings is 2. The van der Waals surface area contributed by atoms with Gasteiger partial charge in [0.1, 0.15) is 5.75 Å². The van der Waals surface area contributed by atoms with Gasteiger partial charge in [-0.05, 0) is 24.1 Å². The third-order valence-corrected chi connectivity index (χ3v) is 3.62. The van der Waals surface area contributed by atoms with Gasteiger partial charge in [0, 0.05) is 6.07 Å². The smallest absolute Gasteiger partial charge is 0.319 e. The number of methoxy groups -OCH3 is 1. The van der Waals surface area contributed by atoms with Crippen molar-refractivity contribution in [2.75, 3.05) is 19.0 Å². The molecule has 2 amide bonds. The number of urea groups is 1. The van der Waals surface area contributed by atoms with E-state index in [9.17, 15) is 9.90 Å². The molecule has 0 unspecified atom stereocenters. The van der Waals surface area contributed by atoms with Crippen molar-refractivity contribution in [2.24, 2.45) is 0 Å². The van der Waals surface area contributed by atoms with Crippen LogP contribution >= 0.6 is 11.6 Å². The van der Waals surface area contributed by atoms with Gasteiger partial charge in [-0.2, -0.15) is 0 Å². The predicted octanol–water partition coefficient (Wildman–Crippen LogP) is 3.07. The van der Waals surface area contributed by atoms with Gasteiger partial charge in [-0.25, -0.2) is 4.79 Å². The first-order valence-electron chi connectivity index (χ1n) is 7.18. The number of hydrogen-bond donors (Lipinski definition) is 3. The fraction of sp³-hybridized carbons (Fsp3) is 0.235. The van der Waals surface area contributed by atoms with E-state index in [1.165, 1.54) is 0 Å². The van der Waals surface area contributed by atoms with Gasteiger partial charge in [-0.15, -0.1) is 0 Å². The molecule has 0 saturated carbocycles. The lowest BCUT2D eigenvalue weighted by molar-refractivity contribution is 0.224.